The van der Waals surface area contributed by atoms with Crippen LogP contribution < -0.4 is 5.73 Å². The quantitative estimate of drug-likeness (QED) is 0.914. The predicted octanol–water partition coefficient (Wildman–Crippen LogP) is 3.89. The Morgan fingerprint density at radius 1 is 1.38 bits per heavy atom. The Bertz CT molecular complexity index is 450. The Morgan fingerprint density at radius 3 is 2.81 bits per heavy atom. The van der Waals surface area contributed by atoms with Gasteiger partial charge < -0.3 is 5.73 Å². The molecule has 0 radical (unpaired) electrons. The Kier molecular flexibility index (Phi) is 3.74. The van der Waals surface area contributed by atoms with E-state index in [2.05, 4.69) is 15.9 Å². The topological polar surface area (TPSA) is 26.0 Å². The molecular weight excluding hydrogens is 289 g/mol. The average Bonchev–Trinajstić information content (AvgIpc) is 2.68. The Hall–Kier alpha value is -0.710. The first-order valence-corrected chi connectivity index (χ1v) is 6.61. The highest BCUT2D eigenvalue weighted by Gasteiger charge is 2.08. The smallest absolute Gasteiger partial charge is 0.124 e. The fourth-order valence-electron chi connectivity index (χ4n) is 1.59. The van der Waals surface area contributed by atoms with E-state index in [1.165, 1.54) is 12.1 Å². The van der Waals surface area contributed by atoms with Crippen LogP contribution in [0.4, 0.5) is 4.39 Å². The lowest BCUT2D eigenvalue weighted by atomic mass is 10.0. The zero-order valence-electron chi connectivity index (χ0n) is 8.49. The molecule has 0 spiro atoms. The summed E-state index contributed by atoms with van der Waals surface area (Å²) in [5, 5.41) is 4.02. The third kappa shape index (κ3) is 2.90. The zero-order chi connectivity index (χ0) is 11.5. The van der Waals surface area contributed by atoms with Gasteiger partial charge in [-0.25, -0.2) is 4.39 Å². The molecule has 2 aromatic rings. The van der Waals surface area contributed by atoms with Crippen LogP contribution in [0, 0.1) is 5.82 Å². The van der Waals surface area contributed by atoms with Gasteiger partial charge in [-0.2, -0.15) is 11.3 Å². The van der Waals surface area contributed by atoms with E-state index in [0.29, 0.717) is 6.42 Å². The van der Waals surface area contributed by atoms with Crippen molar-refractivity contribution in [3.05, 3.63) is 56.4 Å². The van der Waals surface area contributed by atoms with Crippen molar-refractivity contribution >= 4 is 27.3 Å². The van der Waals surface area contributed by atoms with Crippen molar-refractivity contribution in [2.45, 2.75) is 12.5 Å². The van der Waals surface area contributed by atoms with Gasteiger partial charge in [-0.05, 0) is 52.6 Å². The van der Waals surface area contributed by atoms with Crippen LogP contribution in [0.5, 0.6) is 0 Å². The molecule has 1 atom stereocenters. The maximum Gasteiger partial charge on any atom is 0.124 e. The highest BCUT2D eigenvalue weighted by Crippen LogP contribution is 2.21. The fourth-order valence-corrected chi connectivity index (χ4v) is 2.82. The molecule has 2 N–H and O–H groups in total. The van der Waals surface area contributed by atoms with Crippen LogP contribution in [0.15, 0.2) is 39.5 Å². The molecule has 0 amide bonds. The third-order valence-electron chi connectivity index (χ3n) is 2.35. The number of hydrogen-bond donors (Lipinski definition) is 1. The average molecular weight is 300 g/mol. The molecule has 4 heteroatoms. The van der Waals surface area contributed by atoms with Gasteiger partial charge in [0.2, 0.25) is 0 Å². The molecule has 1 nitrogen and oxygen atoms in total. The maximum atomic E-state index is 13.2. The number of halogens is 2. The van der Waals surface area contributed by atoms with Crippen LogP contribution in [-0.4, -0.2) is 0 Å². The first-order chi connectivity index (χ1) is 7.65. The monoisotopic (exact) mass is 299 g/mol. The minimum atomic E-state index is -0.234. The molecule has 1 aromatic carbocycles. The molecule has 2 rings (SSSR count). The highest BCUT2D eigenvalue weighted by atomic mass is 79.9. The van der Waals surface area contributed by atoms with E-state index < -0.39 is 0 Å². The van der Waals surface area contributed by atoms with Gasteiger partial charge in [0.05, 0.1) is 0 Å². The number of benzene rings is 1. The molecule has 1 aromatic heterocycles. The molecule has 0 aliphatic rings. The van der Waals surface area contributed by atoms with Gasteiger partial charge in [-0.3, -0.25) is 0 Å². The molecule has 0 bridgehead atoms. The van der Waals surface area contributed by atoms with Crippen molar-refractivity contribution in [3.63, 3.8) is 0 Å². The van der Waals surface area contributed by atoms with Crippen molar-refractivity contribution in [2.75, 3.05) is 0 Å². The van der Waals surface area contributed by atoms with Gasteiger partial charge >= 0.3 is 0 Å². The maximum absolute atomic E-state index is 13.2. The molecule has 1 unspecified atom stereocenters. The van der Waals surface area contributed by atoms with Crippen LogP contribution >= 0.6 is 27.3 Å². The summed E-state index contributed by atoms with van der Waals surface area (Å²) in [5.74, 6) is -0.234. The number of thiophene rings is 1. The van der Waals surface area contributed by atoms with E-state index in [-0.39, 0.29) is 11.9 Å². The molecule has 84 valence electrons. The number of hydrogen-bond acceptors (Lipinski definition) is 2. The summed E-state index contributed by atoms with van der Waals surface area (Å²) in [7, 11) is 0. The summed E-state index contributed by atoms with van der Waals surface area (Å²) < 4.78 is 13.9. The first kappa shape index (κ1) is 11.8. The van der Waals surface area contributed by atoms with Gasteiger partial charge in [0.1, 0.15) is 5.82 Å². The van der Waals surface area contributed by atoms with Gasteiger partial charge in [0, 0.05) is 10.5 Å². The summed E-state index contributed by atoms with van der Waals surface area (Å²) in [4.78, 5) is 0. The van der Waals surface area contributed by atoms with Crippen LogP contribution in [-0.2, 0) is 6.42 Å². The molecule has 1 heterocycles. The van der Waals surface area contributed by atoms with Gasteiger partial charge in [0.25, 0.3) is 0 Å². The second-order valence-electron chi connectivity index (χ2n) is 3.64. The van der Waals surface area contributed by atoms with E-state index in [0.717, 1.165) is 15.6 Å². The van der Waals surface area contributed by atoms with E-state index in [4.69, 9.17) is 5.73 Å². The molecule has 0 saturated carbocycles. The Morgan fingerprint density at radius 2 is 2.19 bits per heavy atom. The minimum Gasteiger partial charge on any atom is -0.324 e. The van der Waals surface area contributed by atoms with Crippen LogP contribution in [0.25, 0.3) is 0 Å². The van der Waals surface area contributed by atoms with Crippen molar-refractivity contribution in [3.8, 4) is 0 Å². The predicted molar refractivity (Wildman–Crippen MR) is 69.1 cm³/mol. The van der Waals surface area contributed by atoms with Gasteiger partial charge in [-0.1, -0.05) is 15.9 Å². The van der Waals surface area contributed by atoms with Crippen molar-refractivity contribution in [1.29, 1.82) is 0 Å². The van der Waals surface area contributed by atoms with Crippen LogP contribution in [0.2, 0.25) is 0 Å². The largest absolute Gasteiger partial charge is 0.324 e. The Labute approximate surface area is 106 Å². The van der Waals surface area contributed by atoms with Gasteiger partial charge in [-0.15, -0.1) is 0 Å². The first-order valence-electron chi connectivity index (χ1n) is 4.88. The second-order valence-corrected chi connectivity index (χ2v) is 5.34. The third-order valence-corrected chi connectivity index (χ3v) is 3.51. The van der Waals surface area contributed by atoms with E-state index in [1.54, 1.807) is 11.3 Å². The normalized spacial score (nSPS) is 12.7. The number of nitrogens with two attached hydrogens (primary N) is 1. The van der Waals surface area contributed by atoms with E-state index in [9.17, 15) is 4.39 Å². The SMILES string of the molecule is NC(Cc1cc(F)cc(Br)c1)c1ccsc1. The van der Waals surface area contributed by atoms with Crippen molar-refractivity contribution in [2.24, 2.45) is 5.73 Å². The summed E-state index contributed by atoms with van der Waals surface area (Å²) in [5.41, 5.74) is 8.05. The second kappa shape index (κ2) is 5.08. The summed E-state index contributed by atoms with van der Waals surface area (Å²) >= 11 is 4.89. The van der Waals surface area contributed by atoms with Crippen molar-refractivity contribution < 1.29 is 4.39 Å². The van der Waals surface area contributed by atoms with E-state index >= 15 is 0 Å². The fraction of sp³-hybridized carbons (Fsp3) is 0.167. The lowest BCUT2D eigenvalue weighted by Gasteiger charge is -2.10. The summed E-state index contributed by atoms with van der Waals surface area (Å²) in [6.45, 7) is 0. The summed E-state index contributed by atoms with van der Waals surface area (Å²) in [6, 6.07) is 6.80. The van der Waals surface area contributed by atoms with E-state index in [1.807, 2.05) is 22.9 Å². The molecule has 16 heavy (non-hydrogen) atoms. The lowest BCUT2D eigenvalue weighted by molar-refractivity contribution is 0.621. The minimum absolute atomic E-state index is 0.0695. The lowest BCUT2D eigenvalue weighted by Crippen LogP contribution is -2.12. The molecule has 0 fully saturated rings. The Balaban J connectivity index is 2.15. The standard InChI is InChI=1S/C12H11BrFNS/c13-10-3-8(4-11(14)6-10)5-12(15)9-1-2-16-7-9/h1-4,6-7,12H,5,15H2. The highest BCUT2D eigenvalue weighted by molar-refractivity contribution is 9.10. The van der Waals surface area contributed by atoms with Gasteiger partial charge in [0.15, 0.2) is 0 Å². The molecule has 0 saturated heterocycles. The van der Waals surface area contributed by atoms with Crippen LogP contribution in [0.1, 0.15) is 17.2 Å². The zero-order valence-corrected chi connectivity index (χ0v) is 10.9. The van der Waals surface area contributed by atoms with Crippen molar-refractivity contribution in [1.82, 2.24) is 0 Å². The molecule has 0 aliphatic carbocycles. The molecule has 0 aliphatic heterocycles. The molecular formula is C12H11BrFNS. The van der Waals surface area contributed by atoms with Crippen LogP contribution in [0.3, 0.4) is 0 Å². The number of rotatable bonds is 3. The summed E-state index contributed by atoms with van der Waals surface area (Å²) in [6.07, 6.45) is 0.646.